The molecule has 1 aliphatic carbocycles. The Bertz CT molecular complexity index is 1110. The minimum absolute atomic E-state index is 0.157. The Kier molecular flexibility index (Phi) is 7.97. The van der Waals surface area contributed by atoms with Crippen molar-refractivity contribution in [1.82, 2.24) is 4.31 Å². The second-order valence-corrected chi connectivity index (χ2v) is 12.4. The third-order valence-corrected chi connectivity index (χ3v) is 8.59. The summed E-state index contributed by atoms with van der Waals surface area (Å²) in [6.07, 6.45) is 3.72. The van der Waals surface area contributed by atoms with Gasteiger partial charge in [-0.3, -0.25) is 9.59 Å². The number of rotatable bonds is 9. The van der Waals surface area contributed by atoms with E-state index in [9.17, 15) is 18.0 Å². The molecule has 9 heteroatoms. The van der Waals surface area contributed by atoms with Gasteiger partial charge in [-0.15, -0.1) is 11.3 Å². The lowest BCUT2D eigenvalue weighted by molar-refractivity contribution is 0.100. The number of nitrogens with zero attached hydrogens (tertiary/aromatic N) is 1. The second kappa shape index (κ2) is 10.4. The van der Waals surface area contributed by atoms with E-state index in [2.05, 4.69) is 5.32 Å². The van der Waals surface area contributed by atoms with Crippen LogP contribution < -0.4 is 11.1 Å². The highest BCUT2D eigenvalue weighted by Gasteiger charge is 2.27. The molecule has 3 rings (SSSR count). The van der Waals surface area contributed by atoms with Crippen molar-refractivity contribution in [3.63, 3.8) is 0 Å². The Hall–Kier alpha value is -2.23. The summed E-state index contributed by atoms with van der Waals surface area (Å²) in [6.45, 7) is 8.81. The van der Waals surface area contributed by atoms with Crippen LogP contribution in [0.25, 0.3) is 0 Å². The van der Waals surface area contributed by atoms with E-state index in [1.165, 1.54) is 39.9 Å². The molecule has 3 N–H and O–H groups in total. The van der Waals surface area contributed by atoms with Gasteiger partial charge in [0, 0.05) is 23.5 Å². The predicted octanol–water partition coefficient (Wildman–Crippen LogP) is 4.28. The first kappa shape index (κ1) is 25.4. The maximum atomic E-state index is 13.2. The molecule has 0 saturated heterocycles. The van der Waals surface area contributed by atoms with Crippen molar-refractivity contribution in [2.24, 2.45) is 17.6 Å². The van der Waals surface area contributed by atoms with Crippen molar-refractivity contribution in [3.8, 4) is 0 Å². The van der Waals surface area contributed by atoms with Crippen LogP contribution in [-0.4, -0.2) is 37.6 Å². The Morgan fingerprint density at radius 3 is 2.15 bits per heavy atom. The molecule has 180 valence electrons. The van der Waals surface area contributed by atoms with Gasteiger partial charge in [-0.05, 0) is 67.3 Å². The number of hydrogen-bond donors (Lipinski definition) is 2. The number of amides is 2. The topological polar surface area (TPSA) is 110 Å². The molecular weight excluding hydrogens is 458 g/mol. The van der Waals surface area contributed by atoms with Gasteiger partial charge in [0.2, 0.25) is 10.0 Å². The molecule has 0 radical (unpaired) electrons. The number of fused-ring (bicyclic) bond motifs is 1. The van der Waals surface area contributed by atoms with E-state index >= 15 is 0 Å². The number of thiophene rings is 1. The SMILES string of the molecule is CC(C)CN(CC(C)C)S(=O)(=O)c1ccc(C(=O)Nc2sc3c(c2C(N)=O)CCCC3)cc1. The van der Waals surface area contributed by atoms with E-state index in [1.807, 2.05) is 27.7 Å². The number of nitrogens with one attached hydrogen (secondary N) is 1. The first-order valence-corrected chi connectivity index (χ1v) is 13.6. The summed E-state index contributed by atoms with van der Waals surface area (Å²) >= 11 is 1.40. The van der Waals surface area contributed by atoms with E-state index < -0.39 is 21.8 Å². The number of benzene rings is 1. The molecule has 0 spiro atoms. The first-order chi connectivity index (χ1) is 15.5. The van der Waals surface area contributed by atoms with Gasteiger partial charge in [0.25, 0.3) is 11.8 Å². The molecule has 2 amide bonds. The highest BCUT2D eigenvalue weighted by Crippen LogP contribution is 2.38. The first-order valence-electron chi connectivity index (χ1n) is 11.4. The average molecular weight is 492 g/mol. The maximum absolute atomic E-state index is 13.2. The number of aryl methyl sites for hydroxylation is 1. The number of carbonyl (C=O) groups is 2. The third-order valence-electron chi connectivity index (χ3n) is 5.54. The van der Waals surface area contributed by atoms with Gasteiger partial charge in [-0.25, -0.2) is 8.42 Å². The lowest BCUT2D eigenvalue weighted by Gasteiger charge is -2.25. The second-order valence-electron chi connectivity index (χ2n) is 9.37. The summed E-state index contributed by atoms with van der Waals surface area (Å²) in [4.78, 5) is 26.2. The highest BCUT2D eigenvalue weighted by atomic mass is 32.2. The summed E-state index contributed by atoms with van der Waals surface area (Å²) in [5.41, 5.74) is 7.28. The van der Waals surface area contributed by atoms with Crippen LogP contribution in [0.1, 0.15) is 71.7 Å². The van der Waals surface area contributed by atoms with Crippen molar-refractivity contribution < 1.29 is 18.0 Å². The lowest BCUT2D eigenvalue weighted by Crippen LogP contribution is -2.37. The van der Waals surface area contributed by atoms with Crippen molar-refractivity contribution >= 4 is 38.2 Å². The largest absolute Gasteiger partial charge is 0.365 e. The summed E-state index contributed by atoms with van der Waals surface area (Å²) in [6, 6.07) is 5.93. The highest BCUT2D eigenvalue weighted by molar-refractivity contribution is 7.89. The molecule has 2 aromatic rings. The van der Waals surface area contributed by atoms with E-state index in [1.54, 1.807) is 0 Å². The number of nitrogens with two attached hydrogens (primary N) is 1. The summed E-state index contributed by atoms with van der Waals surface area (Å²) in [5.74, 6) is -0.554. The third kappa shape index (κ3) is 5.83. The van der Waals surface area contributed by atoms with E-state index in [0.29, 0.717) is 29.2 Å². The van der Waals surface area contributed by atoms with Crippen molar-refractivity contribution in [1.29, 1.82) is 0 Å². The van der Waals surface area contributed by atoms with Crippen LogP contribution in [0.3, 0.4) is 0 Å². The minimum Gasteiger partial charge on any atom is -0.365 e. The molecule has 0 aliphatic heterocycles. The molecule has 1 aromatic carbocycles. The predicted molar refractivity (Wildman–Crippen MR) is 132 cm³/mol. The van der Waals surface area contributed by atoms with Crippen LogP contribution >= 0.6 is 11.3 Å². The van der Waals surface area contributed by atoms with Crippen molar-refractivity contribution in [3.05, 3.63) is 45.8 Å². The van der Waals surface area contributed by atoms with Gasteiger partial charge < -0.3 is 11.1 Å². The summed E-state index contributed by atoms with van der Waals surface area (Å²) in [7, 11) is -3.67. The zero-order chi connectivity index (χ0) is 24.3. The van der Waals surface area contributed by atoms with Crippen LogP contribution in [-0.2, 0) is 22.9 Å². The molecule has 1 aliphatic rings. The van der Waals surface area contributed by atoms with Gasteiger partial charge in [-0.2, -0.15) is 4.31 Å². The van der Waals surface area contributed by atoms with Crippen LogP contribution in [0.5, 0.6) is 0 Å². The van der Waals surface area contributed by atoms with Gasteiger partial charge in [0.15, 0.2) is 0 Å². The number of carbonyl (C=O) groups excluding carboxylic acids is 2. The molecule has 7 nitrogen and oxygen atoms in total. The Labute approximate surface area is 200 Å². The van der Waals surface area contributed by atoms with Crippen molar-refractivity contribution in [2.75, 3.05) is 18.4 Å². The number of anilines is 1. The molecule has 1 aromatic heterocycles. The number of primary amides is 1. The van der Waals surface area contributed by atoms with Gasteiger partial charge in [-0.1, -0.05) is 27.7 Å². The molecular formula is C24H33N3O4S2. The van der Waals surface area contributed by atoms with Gasteiger partial charge in [0.05, 0.1) is 10.5 Å². The molecule has 0 fully saturated rings. The summed E-state index contributed by atoms with van der Waals surface area (Å²) in [5, 5.41) is 3.29. The Morgan fingerprint density at radius 1 is 1.03 bits per heavy atom. The molecule has 0 unspecified atom stereocenters. The average Bonchev–Trinajstić information content (AvgIpc) is 3.10. The fourth-order valence-corrected chi connectivity index (χ4v) is 7.16. The Morgan fingerprint density at radius 2 is 1.61 bits per heavy atom. The molecule has 0 bridgehead atoms. The fraction of sp³-hybridized carbons (Fsp3) is 0.500. The summed E-state index contributed by atoms with van der Waals surface area (Å²) < 4.78 is 27.9. The van der Waals surface area contributed by atoms with Crippen LogP contribution in [0.4, 0.5) is 5.00 Å². The van der Waals surface area contributed by atoms with Gasteiger partial charge >= 0.3 is 0 Å². The number of hydrogen-bond acceptors (Lipinski definition) is 5. The Balaban J connectivity index is 1.82. The van der Waals surface area contributed by atoms with E-state index in [0.717, 1.165) is 36.1 Å². The number of sulfonamides is 1. The zero-order valence-electron chi connectivity index (χ0n) is 19.7. The quantitative estimate of drug-likeness (QED) is 0.545. The smallest absolute Gasteiger partial charge is 0.256 e. The van der Waals surface area contributed by atoms with Crippen LogP contribution in [0.15, 0.2) is 29.2 Å². The molecule has 0 saturated carbocycles. The van der Waals surface area contributed by atoms with Gasteiger partial charge in [0.1, 0.15) is 5.00 Å². The molecule has 0 atom stereocenters. The maximum Gasteiger partial charge on any atom is 0.256 e. The molecule has 33 heavy (non-hydrogen) atoms. The van der Waals surface area contributed by atoms with E-state index in [-0.39, 0.29) is 16.7 Å². The molecule has 1 heterocycles. The zero-order valence-corrected chi connectivity index (χ0v) is 21.3. The normalized spacial score (nSPS) is 14.0. The minimum atomic E-state index is -3.67. The standard InChI is InChI=1S/C24H33N3O4S2/c1-15(2)13-27(14-16(3)4)33(30,31)18-11-9-17(10-12-18)23(29)26-24-21(22(25)28)19-7-5-6-8-20(19)32-24/h9-12,15-16H,5-8,13-14H2,1-4H3,(H2,25,28)(H,26,29). The van der Waals surface area contributed by atoms with E-state index in [4.69, 9.17) is 5.73 Å². The van der Waals surface area contributed by atoms with Crippen LogP contribution in [0, 0.1) is 11.8 Å². The van der Waals surface area contributed by atoms with Crippen LogP contribution in [0.2, 0.25) is 0 Å². The fourth-order valence-electron chi connectivity index (χ4n) is 4.10. The lowest BCUT2D eigenvalue weighted by atomic mass is 9.95. The van der Waals surface area contributed by atoms with Crippen molar-refractivity contribution in [2.45, 2.75) is 58.3 Å². The monoisotopic (exact) mass is 491 g/mol.